The number of carbonyl (C=O) groups is 4. The van der Waals surface area contributed by atoms with E-state index in [-0.39, 0.29) is 17.2 Å². The van der Waals surface area contributed by atoms with E-state index in [1.54, 1.807) is 30.3 Å². The summed E-state index contributed by atoms with van der Waals surface area (Å²) in [6.07, 6.45) is 0. The Morgan fingerprint density at radius 3 is 2.16 bits per heavy atom. The summed E-state index contributed by atoms with van der Waals surface area (Å²) in [5.41, 5.74) is -1.01. The lowest BCUT2D eigenvalue weighted by Crippen LogP contribution is -2.39. The molecular weight excluding hydrogens is 498 g/mol. The molecule has 4 rings (SSSR count). The Morgan fingerprint density at radius 2 is 1.58 bits per heavy atom. The molecule has 1 aliphatic rings. The number of nitrogens with zero attached hydrogens (tertiary/aromatic N) is 4. The highest BCUT2D eigenvalue weighted by molar-refractivity contribution is 6.51. The van der Waals surface area contributed by atoms with Gasteiger partial charge in [-0.15, -0.1) is 0 Å². The SMILES string of the molecule is CC(=O)c1ccc(NC(=O)C(=O)C2C(=O)N(c3ccc([N+](=O)[O-])cc3[N+](=O)[O-])N=C2c2ccccc2)cc1. The van der Waals surface area contributed by atoms with Gasteiger partial charge in [-0.1, -0.05) is 30.3 Å². The monoisotopic (exact) mass is 515 g/mol. The number of hydrogen-bond acceptors (Lipinski definition) is 9. The van der Waals surface area contributed by atoms with E-state index in [4.69, 9.17) is 0 Å². The number of hydrogen-bond donors (Lipinski definition) is 1. The molecule has 0 aliphatic carbocycles. The van der Waals surface area contributed by atoms with Crippen molar-refractivity contribution >= 4 is 51.8 Å². The third-order valence-electron chi connectivity index (χ3n) is 5.64. The van der Waals surface area contributed by atoms with Crippen molar-refractivity contribution in [2.75, 3.05) is 10.3 Å². The number of Topliss-reactive ketones (excluding diaryl/α,β-unsaturated/α-hetero) is 2. The lowest BCUT2D eigenvalue weighted by Gasteiger charge is -2.14. The predicted octanol–water partition coefficient (Wildman–Crippen LogP) is 3.28. The fraction of sp³-hybridized carbons (Fsp3) is 0.0800. The van der Waals surface area contributed by atoms with Crippen molar-refractivity contribution in [2.24, 2.45) is 11.0 Å². The minimum atomic E-state index is -1.75. The molecule has 0 aromatic heterocycles. The molecule has 0 bridgehead atoms. The van der Waals surface area contributed by atoms with Crippen molar-refractivity contribution in [2.45, 2.75) is 6.92 Å². The molecule has 38 heavy (non-hydrogen) atoms. The molecule has 1 atom stereocenters. The van der Waals surface area contributed by atoms with Crippen molar-refractivity contribution in [3.05, 3.63) is 104 Å². The van der Waals surface area contributed by atoms with Crippen LogP contribution in [-0.4, -0.2) is 38.9 Å². The maximum atomic E-state index is 13.4. The summed E-state index contributed by atoms with van der Waals surface area (Å²) >= 11 is 0. The van der Waals surface area contributed by atoms with Gasteiger partial charge in [-0.25, -0.2) is 0 Å². The largest absolute Gasteiger partial charge is 0.319 e. The van der Waals surface area contributed by atoms with Crippen LogP contribution in [0, 0.1) is 26.1 Å². The number of amides is 2. The predicted molar refractivity (Wildman–Crippen MR) is 134 cm³/mol. The maximum absolute atomic E-state index is 13.4. The van der Waals surface area contributed by atoms with Gasteiger partial charge in [0.1, 0.15) is 5.69 Å². The zero-order chi connectivity index (χ0) is 27.6. The van der Waals surface area contributed by atoms with Gasteiger partial charge in [-0.2, -0.15) is 10.1 Å². The smallest absolute Gasteiger partial charge is 0.301 e. The highest BCUT2D eigenvalue weighted by atomic mass is 16.6. The molecule has 13 heteroatoms. The third kappa shape index (κ3) is 4.88. The van der Waals surface area contributed by atoms with E-state index in [0.29, 0.717) is 22.2 Å². The molecule has 0 saturated carbocycles. The van der Waals surface area contributed by atoms with E-state index in [0.717, 1.165) is 12.1 Å². The second-order valence-electron chi connectivity index (χ2n) is 8.07. The average Bonchev–Trinajstić information content (AvgIpc) is 3.25. The molecule has 0 spiro atoms. The summed E-state index contributed by atoms with van der Waals surface area (Å²) in [6, 6.07) is 16.3. The Bertz CT molecular complexity index is 1530. The second kappa shape index (κ2) is 10.2. The normalized spacial score (nSPS) is 14.6. The second-order valence-corrected chi connectivity index (χ2v) is 8.07. The van der Waals surface area contributed by atoms with E-state index >= 15 is 0 Å². The minimum absolute atomic E-state index is 0.129. The van der Waals surface area contributed by atoms with Gasteiger partial charge in [0.15, 0.2) is 11.7 Å². The van der Waals surface area contributed by atoms with Gasteiger partial charge in [0.2, 0.25) is 5.78 Å². The molecule has 2 amide bonds. The van der Waals surface area contributed by atoms with Crippen molar-refractivity contribution in [3.63, 3.8) is 0 Å². The lowest BCUT2D eigenvalue weighted by atomic mass is 9.92. The molecule has 0 radical (unpaired) electrons. The summed E-state index contributed by atoms with van der Waals surface area (Å²) in [4.78, 5) is 72.0. The topological polar surface area (TPSA) is 182 Å². The average molecular weight is 515 g/mol. The first-order chi connectivity index (χ1) is 18.1. The Labute approximate surface area is 213 Å². The first-order valence-electron chi connectivity index (χ1n) is 11.0. The fourth-order valence-corrected chi connectivity index (χ4v) is 3.76. The summed E-state index contributed by atoms with van der Waals surface area (Å²) in [5.74, 6) is -5.32. The molecule has 1 unspecified atom stereocenters. The van der Waals surface area contributed by atoms with Crippen LogP contribution in [0.15, 0.2) is 77.9 Å². The molecule has 0 fully saturated rings. The van der Waals surface area contributed by atoms with Crippen LogP contribution in [-0.2, 0) is 14.4 Å². The van der Waals surface area contributed by atoms with Crippen LogP contribution < -0.4 is 10.3 Å². The molecule has 13 nitrogen and oxygen atoms in total. The number of non-ortho nitro benzene ring substituents is 1. The molecule has 3 aromatic carbocycles. The van der Waals surface area contributed by atoms with Gasteiger partial charge >= 0.3 is 5.69 Å². The van der Waals surface area contributed by atoms with Gasteiger partial charge < -0.3 is 5.32 Å². The minimum Gasteiger partial charge on any atom is -0.319 e. The highest BCUT2D eigenvalue weighted by Gasteiger charge is 2.46. The van der Waals surface area contributed by atoms with E-state index in [2.05, 4.69) is 10.4 Å². The first kappa shape index (κ1) is 25.5. The Balaban J connectivity index is 1.72. The molecular formula is C25H17N5O8. The van der Waals surface area contributed by atoms with Crippen LogP contribution in [0.1, 0.15) is 22.8 Å². The Morgan fingerprint density at radius 1 is 0.921 bits per heavy atom. The van der Waals surface area contributed by atoms with Crippen molar-refractivity contribution < 1.29 is 29.0 Å². The summed E-state index contributed by atoms with van der Waals surface area (Å²) in [5, 5.41) is 29.9. The highest BCUT2D eigenvalue weighted by Crippen LogP contribution is 2.36. The number of anilines is 2. The maximum Gasteiger partial charge on any atom is 0.301 e. The summed E-state index contributed by atoms with van der Waals surface area (Å²) < 4.78 is 0. The molecule has 1 heterocycles. The molecule has 3 aromatic rings. The van der Waals surface area contributed by atoms with Crippen LogP contribution in [0.5, 0.6) is 0 Å². The number of rotatable bonds is 8. The quantitative estimate of drug-likeness (QED) is 0.156. The van der Waals surface area contributed by atoms with Crippen LogP contribution in [0.3, 0.4) is 0 Å². The van der Waals surface area contributed by atoms with Gasteiger partial charge in [-0.05, 0) is 42.8 Å². The van der Waals surface area contributed by atoms with Crippen molar-refractivity contribution in [3.8, 4) is 0 Å². The van der Waals surface area contributed by atoms with Crippen LogP contribution in [0.2, 0.25) is 0 Å². The van der Waals surface area contributed by atoms with E-state index in [1.165, 1.54) is 31.2 Å². The number of nitro groups is 2. The van der Waals surface area contributed by atoms with Crippen LogP contribution in [0.4, 0.5) is 22.7 Å². The number of nitrogens with one attached hydrogen (secondary N) is 1. The summed E-state index contributed by atoms with van der Waals surface area (Å²) in [6.45, 7) is 1.37. The number of carbonyl (C=O) groups excluding carboxylic acids is 4. The zero-order valence-corrected chi connectivity index (χ0v) is 19.6. The van der Waals surface area contributed by atoms with Crippen molar-refractivity contribution in [1.82, 2.24) is 0 Å². The van der Waals surface area contributed by atoms with Crippen molar-refractivity contribution in [1.29, 1.82) is 0 Å². The molecule has 1 N–H and O–H groups in total. The molecule has 190 valence electrons. The lowest BCUT2D eigenvalue weighted by molar-refractivity contribution is -0.393. The van der Waals surface area contributed by atoms with Crippen LogP contribution >= 0.6 is 0 Å². The van der Waals surface area contributed by atoms with Gasteiger partial charge in [0, 0.05) is 17.3 Å². The Hall–Kier alpha value is -5.59. The van der Waals surface area contributed by atoms with Gasteiger partial charge in [-0.3, -0.25) is 39.4 Å². The zero-order valence-electron chi connectivity index (χ0n) is 19.6. The van der Waals surface area contributed by atoms with E-state index in [1.807, 2.05) is 0 Å². The first-order valence-corrected chi connectivity index (χ1v) is 11.0. The van der Waals surface area contributed by atoms with Gasteiger partial charge in [0.25, 0.3) is 17.5 Å². The van der Waals surface area contributed by atoms with E-state index < -0.39 is 50.4 Å². The Kier molecular flexibility index (Phi) is 6.83. The fourth-order valence-electron chi connectivity index (χ4n) is 3.76. The number of nitro benzene ring substituents is 2. The standard InChI is InChI=1S/C25H17N5O8/c1-14(31)15-7-9-17(10-8-15)26-24(33)23(32)21-22(16-5-3-2-4-6-16)27-28(25(21)34)19-12-11-18(29(35)36)13-20(19)30(37)38/h2-13,21H,1H3,(H,26,33). The van der Waals surface area contributed by atoms with Gasteiger partial charge in [0.05, 0.1) is 21.6 Å². The third-order valence-corrected chi connectivity index (χ3v) is 5.64. The molecule has 1 aliphatic heterocycles. The summed E-state index contributed by atoms with van der Waals surface area (Å²) in [7, 11) is 0. The molecule has 0 saturated heterocycles. The number of hydrazone groups is 1. The number of benzene rings is 3. The number of ketones is 2. The van der Waals surface area contributed by atoms with E-state index in [9.17, 15) is 39.4 Å². The van der Waals surface area contributed by atoms with Crippen LogP contribution in [0.25, 0.3) is 0 Å².